The van der Waals surface area contributed by atoms with Crippen LogP contribution in [0.2, 0.25) is 0 Å². The van der Waals surface area contributed by atoms with Crippen LogP contribution in [0, 0.1) is 11.8 Å². The Bertz CT molecular complexity index is 1280. The summed E-state index contributed by atoms with van der Waals surface area (Å²) in [4.78, 5) is 20.0. The second kappa shape index (κ2) is 11.5. The molecule has 1 saturated heterocycles. The number of rotatable bonds is 8. The summed E-state index contributed by atoms with van der Waals surface area (Å²) in [6, 6.07) is 6.95. The van der Waals surface area contributed by atoms with Crippen molar-refractivity contribution in [2.45, 2.75) is 62.5 Å². The van der Waals surface area contributed by atoms with E-state index in [4.69, 9.17) is 4.74 Å². The van der Waals surface area contributed by atoms with E-state index in [2.05, 4.69) is 29.0 Å². The number of pyridine rings is 1. The van der Waals surface area contributed by atoms with Crippen LogP contribution in [0.5, 0.6) is 0 Å². The second-order valence-electron chi connectivity index (χ2n) is 10.7. The third kappa shape index (κ3) is 6.79. The van der Waals surface area contributed by atoms with Crippen molar-refractivity contribution in [3.8, 4) is 0 Å². The maximum atomic E-state index is 13.1. The van der Waals surface area contributed by atoms with E-state index in [0.29, 0.717) is 30.6 Å². The van der Waals surface area contributed by atoms with Crippen molar-refractivity contribution < 1.29 is 36.2 Å². The zero-order valence-corrected chi connectivity index (χ0v) is 22.9. The molecule has 0 saturated carbocycles. The topological polar surface area (TPSA) is 109 Å². The highest BCUT2D eigenvalue weighted by Gasteiger charge is 2.44. The number of sulfone groups is 1. The molecule has 39 heavy (non-hydrogen) atoms. The van der Waals surface area contributed by atoms with Gasteiger partial charge in [-0.1, -0.05) is 26.0 Å². The monoisotopic (exact) mass is 569 g/mol. The van der Waals surface area contributed by atoms with Gasteiger partial charge in [-0.05, 0) is 54.0 Å². The number of fused-ring (bicyclic) bond motifs is 1. The lowest BCUT2D eigenvalue weighted by molar-refractivity contribution is -0.236. The predicted molar refractivity (Wildman–Crippen MR) is 138 cm³/mol. The van der Waals surface area contributed by atoms with Gasteiger partial charge in [0.25, 0.3) is 5.91 Å². The number of amides is 1. The molecule has 0 bridgehead atoms. The van der Waals surface area contributed by atoms with E-state index in [1.807, 2.05) is 0 Å². The van der Waals surface area contributed by atoms with Gasteiger partial charge >= 0.3 is 6.18 Å². The third-order valence-corrected chi connectivity index (χ3v) is 8.50. The first-order chi connectivity index (χ1) is 18.3. The SMILES string of the molecule is CC(C)[C@H]1c2ncc(C(=O)N[C@@H](CO)c3ccc(S(C)(=O)=O)cc3)cc2CN1C[C@H]1CC[C@@H](C(F)(F)F)OC1. The van der Waals surface area contributed by atoms with Gasteiger partial charge in [-0.3, -0.25) is 14.7 Å². The molecule has 0 spiro atoms. The average molecular weight is 570 g/mol. The zero-order chi connectivity index (χ0) is 28.5. The average Bonchev–Trinajstić information content (AvgIpc) is 3.23. The number of alkyl halides is 3. The predicted octanol–water partition coefficient (Wildman–Crippen LogP) is 3.82. The molecule has 2 N–H and O–H groups in total. The molecular weight excluding hydrogens is 535 g/mol. The van der Waals surface area contributed by atoms with Crippen LogP contribution in [0.4, 0.5) is 13.2 Å². The van der Waals surface area contributed by atoms with Gasteiger partial charge in [-0.2, -0.15) is 13.2 Å². The normalized spacial score (nSPS) is 23.0. The van der Waals surface area contributed by atoms with Crippen LogP contribution in [0.1, 0.15) is 66.0 Å². The van der Waals surface area contributed by atoms with E-state index < -0.39 is 34.1 Å². The van der Waals surface area contributed by atoms with Crippen LogP contribution in [0.15, 0.2) is 41.4 Å². The molecule has 1 amide bonds. The van der Waals surface area contributed by atoms with Gasteiger partial charge in [0.1, 0.15) is 0 Å². The minimum Gasteiger partial charge on any atom is -0.394 e. The van der Waals surface area contributed by atoms with E-state index in [1.165, 1.54) is 18.3 Å². The number of ether oxygens (including phenoxy) is 1. The fraction of sp³-hybridized carbons (Fsp3) is 0.556. The lowest BCUT2D eigenvalue weighted by atomic mass is 9.95. The number of benzene rings is 1. The summed E-state index contributed by atoms with van der Waals surface area (Å²) in [5.74, 6) is -0.268. The summed E-state index contributed by atoms with van der Waals surface area (Å²) in [5.41, 5.74) is 2.60. The highest BCUT2D eigenvalue weighted by atomic mass is 32.2. The molecule has 2 aromatic rings. The van der Waals surface area contributed by atoms with Crippen molar-refractivity contribution in [2.24, 2.45) is 11.8 Å². The number of aromatic nitrogens is 1. The smallest absolute Gasteiger partial charge is 0.394 e. The lowest BCUT2D eigenvalue weighted by Crippen LogP contribution is -2.41. The quantitative estimate of drug-likeness (QED) is 0.498. The van der Waals surface area contributed by atoms with Crippen molar-refractivity contribution in [3.05, 3.63) is 58.9 Å². The number of hydrogen-bond acceptors (Lipinski definition) is 7. The Labute approximate surface area is 226 Å². The summed E-state index contributed by atoms with van der Waals surface area (Å²) in [6.45, 7) is 4.88. The maximum Gasteiger partial charge on any atom is 0.414 e. The summed E-state index contributed by atoms with van der Waals surface area (Å²) < 4.78 is 67.5. The zero-order valence-electron chi connectivity index (χ0n) is 22.1. The van der Waals surface area contributed by atoms with Gasteiger partial charge in [0.15, 0.2) is 15.9 Å². The Kier molecular flexibility index (Phi) is 8.70. The molecule has 0 aliphatic carbocycles. The molecule has 1 aromatic carbocycles. The summed E-state index contributed by atoms with van der Waals surface area (Å²) in [5, 5.41) is 12.7. The first-order valence-electron chi connectivity index (χ1n) is 12.9. The number of nitrogens with one attached hydrogen (secondary N) is 1. The minimum atomic E-state index is -4.34. The van der Waals surface area contributed by atoms with Crippen LogP contribution in [0.3, 0.4) is 0 Å². The molecule has 4 rings (SSSR count). The number of carbonyl (C=O) groups excluding carboxylic acids is 1. The highest BCUT2D eigenvalue weighted by Crippen LogP contribution is 2.40. The molecule has 8 nitrogen and oxygen atoms in total. The Morgan fingerprint density at radius 2 is 1.92 bits per heavy atom. The van der Waals surface area contributed by atoms with E-state index in [1.54, 1.807) is 18.2 Å². The van der Waals surface area contributed by atoms with Crippen LogP contribution >= 0.6 is 0 Å². The molecule has 4 atom stereocenters. The number of nitrogens with zero attached hydrogens (tertiary/aromatic N) is 2. The molecule has 214 valence electrons. The van der Waals surface area contributed by atoms with Crippen LogP contribution in [0.25, 0.3) is 0 Å². The Morgan fingerprint density at radius 3 is 2.46 bits per heavy atom. The number of hydrogen-bond donors (Lipinski definition) is 2. The van der Waals surface area contributed by atoms with Gasteiger partial charge in [-0.25, -0.2) is 8.42 Å². The minimum absolute atomic E-state index is 0.0265. The van der Waals surface area contributed by atoms with Crippen molar-refractivity contribution in [1.82, 2.24) is 15.2 Å². The van der Waals surface area contributed by atoms with E-state index in [0.717, 1.165) is 17.5 Å². The first kappa shape index (κ1) is 29.4. The van der Waals surface area contributed by atoms with E-state index in [-0.39, 0.29) is 42.4 Å². The fourth-order valence-electron chi connectivity index (χ4n) is 5.41. The molecule has 1 aromatic heterocycles. The van der Waals surface area contributed by atoms with Gasteiger partial charge in [0.05, 0.1) is 41.5 Å². The van der Waals surface area contributed by atoms with Gasteiger partial charge < -0.3 is 15.2 Å². The summed E-state index contributed by atoms with van der Waals surface area (Å²) >= 11 is 0. The largest absolute Gasteiger partial charge is 0.414 e. The van der Waals surface area contributed by atoms with Gasteiger partial charge in [0.2, 0.25) is 0 Å². The molecule has 12 heteroatoms. The van der Waals surface area contributed by atoms with Crippen LogP contribution < -0.4 is 5.32 Å². The molecule has 2 aliphatic heterocycles. The molecule has 2 aliphatic rings. The molecule has 1 fully saturated rings. The first-order valence-corrected chi connectivity index (χ1v) is 14.8. The van der Waals surface area contributed by atoms with Crippen molar-refractivity contribution in [2.75, 3.05) is 26.0 Å². The standard InChI is InChI=1S/C27H34F3N3O5S/c1-16(2)25-24-20(13-33(25)12-17-4-9-23(38-15-17)27(28,29)30)10-19(11-31-24)26(35)32-22(14-34)18-5-7-21(8-6-18)39(3,36)37/h5-8,10-11,16-17,22-23,25,34H,4,9,12-15H2,1-3H3,(H,32,35)/t17-,22+,23+,25+/m1/s1. The third-order valence-electron chi connectivity index (χ3n) is 7.37. The molecular formula is C27H34F3N3O5S. The molecule has 3 heterocycles. The Morgan fingerprint density at radius 1 is 1.23 bits per heavy atom. The second-order valence-corrected chi connectivity index (χ2v) is 12.8. The maximum absolute atomic E-state index is 13.1. The lowest BCUT2D eigenvalue weighted by Gasteiger charge is -2.35. The molecule has 0 radical (unpaired) electrons. The number of halogens is 3. The Balaban J connectivity index is 1.44. The number of aliphatic hydroxyl groups excluding tert-OH is 1. The van der Waals surface area contributed by atoms with Gasteiger partial charge in [0, 0.05) is 25.5 Å². The van der Waals surface area contributed by atoms with Crippen LogP contribution in [-0.2, 0) is 21.1 Å². The summed E-state index contributed by atoms with van der Waals surface area (Å²) in [6.07, 6.45) is -3.07. The van der Waals surface area contributed by atoms with Crippen molar-refractivity contribution >= 4 is 15.7 Å². The Hall–Kier alpha value is -2.54. The number of carbonyl (C=O) groups is 1. The van der Waals surface area contributed by atoms with E-state index in [9.17, 15) is 31.5 Å². The van der Waals surface area contributed by atoms with Crippen molar-refractivity contribution in [1.29, 1.82) is 0 Å². The van der Waals surface area contributed by atoms with E-state index >= 15 is 0 Å². The number of aliphatic hydroxyl groups is 1. The van der Waals surface area contributed by atoms with Gasteiger partial charge in [-0.15, -0.1) is 0 Å². The highest BCUT2D eigenvalue weighted by molar-refractivity contribution is 7.90. The van der Waals surface area contributed by atoms with Crippen molar-refractivity contribution in [3.63, 3.8) is 0 Å². The fourth-order valence-corrected chi connectivity index (χ4v) is 6.04. The van der Waals surface area contributed by atoms with Crippen LogP contribution in [-0.4, -0.2) is 67.6 Å². The molecule has 0 unspecified atom stereocenters. The summed E-state index contributed by atoms with van der Waals surface area (Å²) in [7, 11) is -3.37.